The molecule has 1 amide bonds. The van der Waals surface area contributed by atoms with E-state index >= 15 is 0 Å². The summed E-state index contributed by atoms with van der Waals surface area (Å²) in [7, 11) is 1.65. The Balaban J connectivity index is 1.84. The van der Waals surface area contributed by atoms with Crippen molar-refractivity contribution in [1.29, 1.82) is 0 Å². The molecule has 2 rings (SSSR count). The van der Waals surface area contributed by atoms with E-state index in [0.29, 0.717) is 25.9 Å². The minimum atomic E-state index is 0.0696. The molecule has 1 aliphatic heterocycles. The molecule has 0 saturated carbocycles. The van der Waals surface area contributed by atoms with Crippen molar-refractivity contribution in [2.75, 3.05) is 38.2 Å². The van der Waals surface area contributed by atoms with Gasteiger partial charge in [-0.3, -0.25) is 4.79 Å². The maximum absolute atomic E-state index is 12.0. The second-order valence-electron chi connectivity index (χ2n) is 5.27. The molecule has 0 aromatic heterocycles. The van der Waals surface area contributed by atoms with E-state index in [1.54, 1.807) is 7.11 Å². The monoisotopic (exact) mass is 290 g/mol. The number of ether oxygens (including phenoxy) is 1. The van der Waals surface area contributed by atoms with Gasteiger partial charge in [-0.15, -0.1) is 0 Å². The first-order valence-corrected chi connectivity index (χ1v) is 7.26. The zero-order valence-electron chi connectivity index (χ0n) is 12.7. The van der Waals surface area contributed by atoms with E-state index in [4.69, 9.17) is 4.74 Å². The minimum absolute atomic E-state index is 0.0696. The highest BCUT2D eigenvalue weighted by Crippen LogP contribution is 2.20. The zero-order valence-corrected chi connectivity index (χ0v) is 12.7. The van der Waals surface area contributed by atoms with Gasteiger partial charge in [0, 0.05) is 44.7 Å². The number of rotatable bonds is 5. The Hall–Kier alpha value is -2.04. The fourth-order valence-corrected chi connectivity index (χ4v) is 2.45. The molecule has 0 N–H and O–H groups in total. The van der Waals surface area contributed by atoms with Crippen LogP contribution in [0, 0.1) is 0 Å². The van der Waals surface area contributed by atoms with Gasteiger partial charge >= 0.3 is 0 Å². The summed E-state index contributed by atoms with van der Waals surface area (Å²) in [6.07, 6.45) is 0.676. The van der Waals surface area contributed by atoms with Crippen LogP contribution in [0.5, 0.6) is 5.75 Å². The number of hydrogen-bond donors (Lipinski definition) is 0. The number of benzene rings is 1. The summed E-state index contributed by atoms with van der Waals surface area (Å²) in [4.78, 5) is 27.0. The molecule has 0 unspecified atom stereocenters. The molecule has 1 fully saturated rings. The third kappa shape index (κ3) is 4.21. The van der Waals surface area contributed by atoms with Crippen LogP contribution in [-0.2, 0) is 9.59 Å². The predicted molar refractivity (Wildman–Crippen MR) is 81.7 cm³/mol. The number of anilines is 1. The summed E-state index contributed by atoms with van der Waals surface area (Å²) in [5.41, 5.74) is 1.15. The molecule has 21 heavy (non-hydrogen) atoms. The number of hydrogen-bond acceptors (Lipinski definition) is 4. The third-order valence-electron chi connectivity index (χ3n) is 3.76. The average molecular weight is 290 g/mol. The largest absolute Gasteiger partial charge is 0.497 e. The topological polar surface area (TPSA) is 49.9 Å². The van der Waals surface area contributed by atoms with Gasteiger partial charge < -0.3 is 19.3 Å². The van der Waals surface area contributed by atoms with Gasteiger partial charge in [-0.05, 0) is 31.2 Å². The predicted octanol–water partition coefficient (Wildman–Crippen LogP) is 1.71. The lowest BCUT2D eigenvalue weighted by Gasteiger charge is -2.36. The van der Waals surface area contributed by atoms with Crippen LogP contribution in [0.1, 0.15) is 19.8 Å². The molecular weight excluding hydrogens is 268 g/mol. The van der Waals surface area contributed by atoms with Gasteiger partial charge in [-0.25, -0.2) is 0 Å². The Bertz CT molecular complexity index is 491. The van der Waals surface area contributed by atoms with Crippen LogP contribution in [0.15, 0.2) is 24.3 Å². The van der Waals surface area contributed by atoms with Crippen LogP contribution in [0.25, 0.3) is 0 Å². The highest BCUT2D eigenvalue weighted by Gasteiger charge is 2.21. The quantitative estimate of drug-likeness (QED) is 0.828. The van der Waals surface area contributed by atoms with Gasteiger partial charge in [0.1, 0.15) is 11.5 Å². The lowest BCUT2D eigenvalue weighted by atomic mass is 10.2. The van der Waals surface area contributed by atoms with E-state index in [2.05, 4.69) is 4.90 Å². The Morgan fingerprint density at radius 1 is 1.05 bits per heavy atom. The van der Waals surface area contributed by atoms with Crippen LogP contribution in [0.4, 0.5) is 5.69 Å². The molecule has 114 valence electrons. The summed E-state index contributed by atoms with van der Waals surface area (Å²) >= 11 is 0. The SMILES string of the molecule is COc1ccc(N2CCN(C(=O)CCC(C)=O)CC2)cc1. The molecule has 5 heteroatoms. The van der Waals surface area contributed by atoms with Crippen molar-refractivity contribution >= 4 is 17.4 Å². The number of carbonyl (C=O) groups excluding carboxylic acids is 2. The number of carbonyl (C=O) groups is 2. The summed E-state index contributed by atoms with van der Waals surface area (Å²) in [5.74, 6) is 0.997. The second kappa shape index (κ2) is 7.11. The smallest absolute Gasteiger partial charge is 0.223 e. The second-order valence-corrected chi connectivity index (χ2v) is 5.27. The van der Waals surface area contributed by atoms with Gasteiger partial charge in [0.2, 0.25) is 5.91 Å². The zero-order chi connectivity index (χ0) is 15.2. The molecule has 1 aromatic rings. The molecule has 1 heterocycles. The maximum Gasteiger partial charge on any atom is 0.223 e. The van der Waals surface area contributed by atoms with Gasteiger partial charge in [0.25, 0.3) is 0 Å². The van der Waals surface area contributed by atoms with Gasteiger partial charge in [-0.2, -0.15) is 0 Å². The van der Waals surface area contributed by atoms with Crippen LogP contribution in [-0.4, -0.2) is 49.9 Å². The van der Waals surface area contributed by atoms with E-state index in [-0.39, 0.29) is 11.7 Å². The first-order chi connectivity index (χ1) is 10.1. The third-order valence-corrected chi connectivity index (χ3v) is 3.76. The molecule has 0 atom stereocenters. The van der Waals surface area contributed by atoms with Crippen molar-refractivity contribution < 1.29 is 14.3 Å². The Labute approximate surface area is 125 Å². The number of ketones is 1. The minimum Gasteiger partial charge on any atom is -0.497 e. The van der Waals surface area contributed by atoms with Crippen molar-refractivity contribution in [3.8, 4) is 5.75 Å². The summed E-state index contributed by atoms with van der Waals surface area (Å²) in [6, 6.07) is 7.96. The Morgan fingerprint density at radius 2 is 1.67 bits per heavy atom. The number of amides is 1. The van der Waals surface area contributed by atoms with Gasteiger partial charge in [-0.1, -0.05) is 0 Å². The first kappa shape index (κ1) is 15.4. The lowest BCUT2D eigenvalue weighted by molar-refractivity contribution is -0.133. The molecule has 0 spiro atoms. The summed E-state index contributed by atoms with van der Waals surface area (Å²) in [6.45, 7) is 4.58. The van der Waals surface area contributed by atoms with E-state index < -0.39 is 0 Å². The normalized spacial score (nSPS) is 15.0. The average Bonchev–Trinajstić information content (AvgIpc) is 2.53. The fraction of sp³-hybridized carbons (Fsp3) is 0.500. The number of nitrogens with zero attached hydrogens (tertiary/aromatic N) is 2. The van der Waals surface area contributed by atoms with Crippen molar-refractivity contribution in [1.82, 2.24) is 4.90 Å². The van der Waals surface area contributed by atoms with Crippen LogP contribution >= 0.6 is 0 Å². The fourth-order valence-electron chi connectivity index (χ4n) is 2.45. The van der Waals surface area contributed by atoms with Crippen molar-refractivity contribution in [3.05, 3.63) is 24.3 Å². The van der Waals surface area contributed by atoms with Gasteiger partial charge in [0.05, 0.1) is 7.11 Å². The number of piperazine rings is 1. The molecular formula is C16H22N2O3. The number of methoxy groups -OCH3 is 1. The van der Waals surface area contributed by atoms with E-state index in [9.17, 15) is 9.59 Å². The molecule has 0 aliphatic carbocycles. The molecule has 1 saturated heterocycles. The van der Waals surface area contributed by atoms with Crippen LogP contribution in [0.2, 0.25) is 0 Å². The highest BCUT2D eigenvalue weighted by molar-refractivity contribution is 5.83. The van der Waals surface area contributed by atoms with Crippen molar-refractivity contribution in [2.45, 2.75) is 19.8 Å². The standard InChI is InChI=1S/C16H22N2O3/c1-13(19)3-8-16(20)18-11-9-17(10-12-18)14-4-6-15(21-2)7-5-14/h4-7H,3,8-12H2,1-2H3. The van der Waals surface area contributed by atoms with E-state index in [1.165, 1.54) is 6.92 Å². The number of Topliss-reactive ketones (excluding diaryl/α,β-unsaturated/α-hetero) is 1. The van der Waals surface area contributed by atoms with Crippen molar-refractivity contribution in [2.24, 2.45) is 0 Å². The maximum atomic E-state index is 12.0. The molecule has 0 radical (unpaired) electrons. The highest BCUT2D eigenvalue weighted by atomic mass is 16.5. The molecule has 1 aliphatic rings. The van der Waals surface area contributed by atoms with Gasteiger partial charge in [0.15, 0.2) is 0 Å². The van der Waals surface area contributed by atoms with E-state index in [1.807, 2.05) is 29.2 Å². The van der Waals surface area contributed by atoms with E-state index in [0.717, 1.165) is 24.5 Å². The van der Waals surface area contributed by atoms with Crippen LogP contribution < -0.4 is 9.64 Å². The molecule has 1 aromatic carbocycles. The summed E-state index contributed by atoms with van der Waals surface area (Å²) < 4.78 is 5.15. The Kier molecular flexibility index (Phi) is 5.20. The first-order valence-electron chi connectivity index (χ1n) is 7.26. The summed E-state index contributed by atoms with van der Waals surface area (Å²) in [5, 5.41) is 0. The van der Waals surface area contributed by atoms with Crippen LogP contribution in [0.3, 0.4) is 0 Å². The Morgan fingerprint density at radius 3 is 2.19 bits per heavy atom. The van der Waals surface area contributed by atoms with Crippen molar-refractivity contribution in [3.63, 3.8) is 0 Å². The lowest BCUT2D eigenvalue weighted by Crippen LogP contribution is -2.48. The molecule has 5 nitrogen and oxygen atoms in total. The molecule has 0 bridgehead atoms.